The van der Waals surface area contributed by atoms with E-state index in [0.717, 1.165) is 18.0 Å². The first-order valence-corrected chi connectivity index (χ1v) is 7.44. The Morgan fingerprint density at radius 1 is 1.33 bits per heavy atom. The number of nitrogens with one attached hydrogen (secondary N) is 1. The molecule has 1 heterocycles. The summed E-state index contributed by atoms with van der Waals surface area (Å²) in [5.41, 5.74) is -0.0345. The topological polar surface area (TPSA) is 67.2 Å². The van der Waals surface area contributed by atoms with Gasteiger partial charge in [-0.25, -0.2) is 18.2 Å². The van der Waals surface area contributed by atoms with Crippen LogP contribution in [-0.2, 0) is 11.3 Å². The number of carbonyl (C=O) groups excluding carboxylic acids is 1. The van der Waals surface area contributed by atoms with Crippen LogP contribution in [0.1, 0.15) is 30.3 Å². The lowest BCUT2D eigenvalue weighted by Gasteiger charge is -2.17. The minimum absolute atomic E-state index is 0.0345. The van der Waals surface area contributed by atoms with E-state index in [1.54, 1.807) is 12.4 Å². The highest BCUT2D eigenvalue weighted by Gasteiger charge is 2.18. The number of aliphatic hydroxyl groups is 1. The van der Waals surface area contributed by atoms with Gasteiger partial charge in [0.05, 0.1) is 12.6 Å². The van der Waals surface area contributed by atoms with Crippen molar-refractivity contribution < 1.29 is 23.1 Å². The van der Waals surface area contributed by atoms with Crippen LogP contribution in [0.3, 0.4) is 0 Å². The lowest BCUT2D eigenvalue weighted by atomic mass is 10.1. The van der Waals surface area contributed by atoms with Crippen LogP contribution in [0.5, 0.6) is 0 Å². The fraction of sp³-hybridized carbons (Fsp3) is 0.375. The van der Waals surface area contributed by atoms with Crippen LogP contribution in [0.25, 0.3) is 0 Å². The highest BCUT2D eigenvalue weighted by molar-refractivity contribution is 5.76. The Morgan fingerprint density at radius 3 is 2.54 bits per heavy atom. The van der Waals surface area contributed by atoms with Crippen molar-refractivity contribution >= 4 is 5.91 Å². The van der Waals surface area contributed by atoms with Crippen LogP contribution in [0.4, 0.5) is 13.2 Å². The molecule has 0 bridgehead atoms. The predicted octanol–water partition coefficient (Wildman–Crippen LogP) is 2.24. The van der Waals surface area contributed by atoms with Crippen LogP contribution in [0, 0.1) is 24.4 Å². The van der Waals surface area contributed by atoms with E-state index in [1.807, 2.05) is 11.5 Å². The number of aryl methyl sites for hydroxylation is 2. The average Bonchev–Trinajstić information content (AvgIpc) is 2.95. The number of aromatic nitrogens is 2. The maximum Gasteiger partial charge on any atom is 0.220 e. The van der Waals surface area contributed by atoms with E-state index < -0.39 is 30.1 Å². The maximum absolute atomic E-state index is 13.3. The summed E-state index contributed by atoms with van der Waals surface area (Å²) in [4.78, 5) is 16.0. The normalized spacial score (nSPS) is 12.2. The molecular weight excluding hydrogens is 323 g/mol. The van der Waals surface area contributed by atoms with Crippen LogP contribution < -0.4 is 5.32 Å². The zero-order valence-electron chi connectivity index (χ0n) is 13.1. The Morgan fingerprint density at radius 2 is 2.00 bits per heavy atom. The zero-order chi connectivity index (χ0) is 17.7. The smallest absolute Gasteiger partial charge is 0.220 e. The van der Waals surface area contributed by atoms with E-state index in [4.69, 9.17) is 0 Å². The molecule has 0 aliphatic carbocycles. The molecule has 130 valence electrons. The Hall–Kier alpha value is -2.35. The number of imidazole rings is 1. The Labute approximate surface area is 137 Å². The molecule has 2 rings (SSSR count). The average molecular weight is 341 g/mol. The number of amides is 1. The van der Waals surface area contributed by atoms with Crippen molar-refractivity contribution in [3.05, 3.63) is 53.4 Å². The van der Waals surface area contributed by atoms with E-state index in [0.29, 0.717) is 13.0 Å². The van der Waals surface area contributed by atoms with Crippen molar-refractivity contribution in [3.63, 3.8) is 0 Å². The molecule has 1 unspecified atom stereocenters. The number of carbonyl (C=O) groups is 1. The predicted molar refractivity (Wildman–Crippen MR) is 80.5 cm³/mol. The third-order valence-electron chi connectivity index (χ3n) is 3.65. The first-order chi connectivity index (χ1) is 11.4. The van der Waals surface area contributed by atoms with Gasteiger partial charge in [-0.3, -0.25) is 4.79 Å². The molecule has 2 aromatic rings. The third-order valence-corrected chi connectivity index (χ3v) is 3.65. The molecule has 5 nitrogen and oxygen atoms in total. The molecule has 1 aromatic carbocycles. The molecule has 0 aliphatic heterocycles. The van der Waals surface area contributed by atoms with Gasteiger partial charge in [0.25, 0.3) is 0 Å². The van der Waals surface area contributed by atoms with Gasteiger partial charge in [-0.2, -0.15) is 0 Å². The van der Waals surface area contributed by atoms with E-state index in [9.17, 15) is 23.1 Å². The van der Waals surface area contributed by atoms with Crippen molar-refractivity contribution in [3.8, 4) is 0 Å². The highest BCUT2D eigenvalue weighted by atomic mass is 19.2. The molecule has 0 fully saturated rings. The van der Waals surface area contributed by atoms with Gasteiger partial charge in [-0.05, 0) is 31.0 Å². The molecule has 1 amide bonds. The SMILES string of the molecule is Cc1nccn1CCCC(=O)NC(CO)c1cc(F)c(F)c(F)c1. The van der Waals surface area contributed by atoms with Gasteiger partial charge in [0, 0.05) is 25.4 Å². The van der Waals surface area contributed by atoms with E-state index in [-0.39, 0.29) is 17.9 Å². The lowest BCUT2D eigenvalue weighted by molar-refractivity contribution is -0.122. The fourth-order valence-electron chi connectivity index (χ4n) is 2.33. The number of rotatable bonds is 7. The lowest BCUT2D eigenvalue weighted by Crippen LogP contribution is -2.31. The van der Waals surface area contributed by atoms with Crippen molar-refractivity contribution in [2.45, 2.75) is 32.4 Å². The number of hydrogen-bond acceptors (Lipinski definition) is 3. The second-order valence-electron chi connectivity index (χ2n) is 5.37. The monoisotopic (exact) mass is 341 g/mol. The molecule has 0 saturated heterocycles. The highest BCUT2D eigenvalue weighted by Crippen LogP contribution is 2.19. The number of halogens is 3. The minimum atomic E-state index is -1.59. The first-order valence-electron chi connectivity index (χ1n) is 7.44. The Balaban J connectivity index is 1.92. The van der Waals surface area contributed by atoms with Crippen molar-refractivity contribution in [1.29, 1.82) is 0 Å². The molecule has 0 aliphatic rings. The van der Waals surface area contributed by atoms with Gasteiger partial charge >= 0.3 is 0 Å². The number of aliphatic hydroxyl groups excluding tert-OH is 1. The summed E-state index contributed by atoms with van der Waals surface area (Å²) >= 11 is 0. The van der Waals surface area contributed by atoms with E-state index >= 15 is 0 Å². The van der Waals surface area contributed by atoms with Crippen molar-refractivity contribution in [2.24, 2.45) is 0 Å². The molecule has 8 heteroatoms. The summed E-state index contributed by atoms with van der Waals surface area (Å²) in [7, 11) is 0. The van der Waals surface area contributed by atoms with Crippen molar-refractivity contribution in [2.75, 3.05) is 6.61 Å². The Kier molecular flexibility index (Phi) is 5.97. The van der Waals surface area contributed by atoms with Crippen molar-refractivity contribution in [1.82, 2.24) is 14.9 Å². The molecule has 2 N–H and O–H groups in total. The minimum Gasteiger partial charge on any atom is -0.394 e. The van der Waals surface area contributed by atoms with Gasteiger partial charge < -0.3 is 15.0 Å². The van der Waals surface area contributed by atoms with Crippen LogP contribution in [0.2, 0.25) is 0 Å². The number of hydrogen-bond donors (Lipinski definition) is 2. The quantitative estimate of drug-likeness (QED) is 0.759. The zero-order valence-corrected chi connectivity index (χ0v) is 13.1. The van der Waals surface area contributed by atoms with Gasteiger partial charge in [0.2, 0.25) is 5.91 Å². The number of nitrogens with zero attached hydrogens (tertiary/aromatic N) is 2. The van der Waals surface area contributed by atoms with Crippen LogP contribution >= 0.6 is 0 Å². The van der Waals surface area contributed by atoms with Gasteiger partial charge in [-0.15, -0.1) is 0 Å². The molecule has 24 heavy (non-hydrogen) atoms. The second-order valence-corrected chi connectivity index (χ2v) is 5.37. The van der Waals surface area contributed by atoms with Gasteiger partial charge in [0.1, 0.15) is 5.82 Å². The van der Waals surface area contributed by atoms with Crippen LogP contribution in [0.15, 0.2) is 24.5 Å². The maximum atomic E-state index is 13.3. The summed E-state index contributed by atoms with van der Waals surface area (Å²) in [5, 5.41) is 11.8. The second kappa shape index (κ2) is 7.96. The van der Waals surface area contributed by atoms with E-state index in [2.05, 4.69) is 10.3 Å². The fourth-order valence-corrected chi connectivity index (χ4v) is 2.33. The third kappa shape index (κ3) is 4.35. The molecule has 0 saturated carbocycles. The molecule has 0 radical (unpaired) electrons. The summed E-state index contributed by atoms with van der Waals surface area (Å²) in [6.07, 6.45) is 4.16. The Bertz CT molecular complexity index is 695. The molecule has 0 spiro atoms. The summed E-state index contributed by atoms with van der Waals surface area (Å²) in [6.45, 7) is 1.89. The summed E-state index contributed by atoms with van der Waals surface area (Å²) in [6, 6.07) is 0.514. The number of benzene rings is 1. The van der Waals surface area contributed by atoms with Gasteiger partial charge in [0.15, 0.2) is 17.5 Å². The standard InChI is InChI=1S/C16H18F3N3O2/c1-10-20-4-6-22(10)5-2-3-15(24)21-14(9-23)11-7-12(17)16(19)13(18)8-11/h4,6-8,14,23H,2-3,5,9H2,1H3,(H,21,24). The summed E-state index contributed by atoms with van der Waals surface area (Å²) < 4.78 is 41.4. The molecule has 1 atom stereocenters. The first kappa shape index (κ1) is 18.0. The molecule has 1 aromatic heterocycles. The van der Waals surface area contributed by atoms with Crippen LogP contribution in [-0.4, -0.2) is 27.2 Å². The largest absolute Gasteiger partial charge is 0.394 e. The van der Waals surface area contributed by atoms with Gasteiger partial charge in [-0.1, -0.05) is 0 Å². The summed E-state index contributed by atoms with van der Waals surface area (Å²) in [5.74, 6) is -3.86. The van der Waals surface area contributed by atoms with E-state index in [1.165, 1.54) is 0 Å². The molecular formula is C16H18F3N3O2.